The average Bonchev–Trinajstić information content (AvgIpc) is 3.10. The molecule has 0 unspecified atom stereocenters. The fourth-order valence-corrected chi connectivity index (χ4v) is 5.94. The molecule has 2 amide bonds. The fourth-order valence-electron chi connectivity index (χ4n) is 5.94. The maximum atomic E-state index is 12.3. The van der Waals surface area contributed by atoms with E-state index >= 15 is 0 Å². The molecule has 0 aliphatic carbocycles. The normalized spacial score (nSPS) is 41.3. The Morgan fingerprint density at radius 3 is 1.65 bits per heavy atom. The standard InChI is InChI=1S/C28H50N2O21/c1-8(36)29-10(3-31)23(16(39)11(38)4-32)49-28-22(45)25(19(42)14(7-35)48-28)51-26-15(30-9(2)37)24(18(41)13(6-34)46-26)50-27-21(44)20(43)17(40)12(5-33)47-27/h10-28,31-35,38-45H,3-7H2,1-2H3,(H,29,36)(H,30,37)/t10-,11+,12+,13+,14+,15+,16-,17-,18+,19-,20-,21+,22+,23+,24+,25-,26-,27-,28-/m0/s1. The van der Waals surface area contributed by atoms with Gasteiger partial charge in [0.05, 0.1) is 39.1 Å². The third kappa shape index (κ3) is 10.2. The summed E-state index contributed by atoms with van der Waals surface area (Å²) in [6, 6.07) is -3.12. The highest BCUT2D eigenvalue weighted by Crippen LogP contribution is 2.33. The first-order chi connectivity index (χ1) is 24.0. The molecule has 0 aromatic heterocycles. The van der Waals surface area contributed by atoms with E-state index in [0.717, 1.165) is 13.8 Å². The molecule has 3 aliphatic heterocycles. The SMILES string of the molecule is CC(=O)N[C@H]1[C@H](O[C@H]2[C@@H](O)[C@@H](CO)O[C@@H](O[C@@H]([C@@H](O)[C@H](O)CO)[C@H](CO)NC(C)=O)[C@@H]2O)O[C@H](CO)[C@@H](O)[C@@H]1O[C@@H]1O[C@H](CO)[C@H](O)[C@H](O)[C@H]1O. The third-order valence-corrected chi connectivity index (χ3v) is 8.67. The van der Waals surface area contributed by atoms with E-state index in [4.69, 9.17) is 28.4 Å². The summed E-state index contributed by atoms with van der Waals surface area (Å²) < 4.78 is 33.8. The lowest BCUT2D eigenvalue weighted by Gasteiger charge is -2.49. The average molecular weight is 751 g/mol. The van der Waals surface area contributed by atoms with Gasteiger partial charge in [0.15, 0.2) is 18.9 Å². The topological polar surface area (TPSA) is 377 Å². The Hall–Kier alpha value is -1.82. The highest BCUT2D eigenvalue weighted by Gasteiger charge is 2.55. The second kappa shape index (κ2) is 19.5. The lowest BCUT2D eigenvalue weighted by Crippen LogP contribution is -2.70. The number of aliphatic hydroxyl groups is 13. The van der Waals surface area contributed by atoms with Crippen LogP contribution in [0.25, 0.3) is 0 Å². The number of ether oxygens (including phenoxy) is 6. The number of amides is 2. The summed E-state index contributed by atoms with van der Waals surface area (Å²) in [7, 11) is 0. The Morgan fingerprint density at radius 2 is 1.14 bits per heavy atom. The first-order valence-electron chi connectivity index (χ1n) is 16.0. The molecule has 0 aromatic carbocycles. The van der Waals surface area contributed by atoms with E-state index in [2.05, 4.69) is 10.6 Å². The summed E-state index contributed by atoms with van der Waals surface area (Å²) in [5.41, 5.74) is 0. The number of carbonyl (C=O) groups excluding carboxylic acids is 2. The molecule has 19 atom stereocenters. The van der Waals surface area contributed by atoms with Crippen LogP contribution in [0.1, 0.15) is 13.8 Å². The highest BCUT2D eigenvalue weighted by molar-refractivity contribution is 5.73. The van der Waals surface area contributed by atoms with Crippen LogP contribution in [-0.4, -0.2) is 228 Å². The van der Waals surface area contributed by atoms with Gasteiger partial charge in [0.1, 0.15) is 91.5 Å². The molecule has 23 heteroatoms. The molecular weight excluding hydrogens is 700 g/mol. The number of carbonyl (C=O) groups is 2. The first-order valence-corrected chi connectivity index (χ1v) is 16.0. The van der Waals surface area contributed by atoms with Gasteiger partial charge in [-0.3, -0.25) is 9.59 Å². The van der Waals surface area contributed by atoms with Crippen molar-refractivity contribution >= 4 is 11.8 Å². The summed E-state index contributed by atoms with van der Waals surface area (Å²) in [6.07, 6.45) is -31.4. The van der Waals surface area contributed by atoms with Crippen molar-refractivity contribution < 1.29 is 104 Å². The molecule has 0 radical (unpaired) electrons. The van der Waals surface area contributed by atoms with Crippen LogP contribution in [0.2, 0.25) is 0 Å². The molecule has 51 heavy (non-hydrogen) atoms. The monoisotopic (exact) mass is 750 g/mol. The Bertz CT molecular complexity index is 1090. The summed E-state index contributed by atoms with van der Waals surface area (Å²) in [4.78, 5) is 24.1. The predicted molar refractivity (Wildman–Crippen MR) is 159 cm³/mol. The van der Waals surface area contributed by atoms with E-state index in [9.17, 15) is 76.0 Å². The van der Waals surface area contributed by atoms with Crippen molar-refractivity contribution in [2.45, 2.75) is 130 Å². The summed E-state index contributed by atoms with van der Waals surface area (Å²) >= 11 is 0. The molecule has 3 fully saturated rings. The van der Waals surface area contributed by atoms with Crippen LogP contribution in [0.5, 0.6) is 0 Å². The number of hydrogen-bond acceptors (Lipinski definition) is 21. The zero-order valence-corrected chi connectivity index (χ0v) is 27.6. The Kier molecular flexibility index (Phi) is 16.7. The molecule has 0 aromatic rings. The largest absolute Gasteiger partial charge is 0.394 e. The molecule has 298 valence electrons. The summed E-state index contributed by atoms with van der Waals surface area (Å²) in [5, 5.41) is 139. The summed E-state index contributed by atoms with van der Waals surface area (Å²) in [5.74, 6) is -1.51. The zero-order chi connectivity index (χ0) is 38.3. The van der Waals surface area contributed by atoms with Crippen molar-refractivity contribution in [2.24, 2.45) is 0 Å². The van der Waals surface area contributed by atoms with Gasteiger partial charge in [-0.15, -0.1) is 0 Å². The quantitative estimate of drug-likeness (QED) is 0.0696. The molecule has 3 heterocycles. The van der Waals surface area contributed by atoms with Gasteiger partial charge < -0.3 is 105 Å². The van der Waals surface area contributed by atoms with Crippen molar-refractivity contribution in [1.29, 1.82) is 0 Å². The highest BCUT2D eigenvalue weighted by atomic mass is 16.7. The van der Waals surface area contributed by atoms with E-state index in [1.807, 2.05) is 0 Å². The van der Waals surface area contributed by atoms with Crippen LogP contribution in [0, 0.1) is 0 Å². The fraction of sp³-hybridized carbons (Fsp3) is 0.929. The van der Waals surface area contributed by atoms with E-state index < -0.39 is 161 Å². The van der Waals surface area contributed by atoms with E-state index in [1.165, 1.54) is 0 Å². The summed E-state index contributed by atoms with van der Waals surface area (Å²) in [6.45, 7) is -2.52. The second-order valence-electron chi connectivity index (χ2n) is 12.4. The van der Waals surface area contributed by atoms with Gasteiger partial charge >= 0.3 is 0 Å². The second-order valence-corrected chi connectivity index (χ2v) is 12.4. The molecule has 0 spiro atoms. The smallest absolute Gasteiger partial charge is 0.217 e. The first kappa shape index (κ1) is 43.6. The molecule has 15 N–H and O–H groups in total. The molecule has 0 bridgehead atoms. The third-order valence-electron chi connectivity index (χ3n) is 8.67. The lowest BCUT2D eigenvalue weighted by molar-refractivity contribution is -0.370. The molecule has 3 aliphatic rings. The predicted octanol–water partition coefficient (Wildman–Crippen LogP) is -9.83. The van der Waals surface area contributed by atoms with E-state index in [1.54, 1.807) is 0 Å². The van der Waals surface area contributed by atoms with Crippen molar-refractivity contribution in [3.8, 4) is 0 Å². The molecule has 3 rings (SSSR count). The van der Waals surface area contributed by atoms with Crippen molar-refractivity contribution in [1.82, 2.24) is 10.6 Å². The van der Waals surface area contributed by atoms with Crippen molar-refractivity contribution in [2.75, 3.05) is 33.0 Å². The maximum Gasteiger partial charge on any atom is 0.217 e. The molecular formula is C28H50N2O21. The van der Waals surface area contributed by atoms with Gasteiger partial charge in [-0.05, 0) is 0 Å². The minimum absolute atomic E-state index is 0.720. The van der Waals surface area contributed by atoms with Crippen molar-refractivity contribution in [3.05, 3.63) is 0 Å². The van der Waals surface area contributed by atoms with Gasteiger partial charge in [0, 0.05) is 13.8 Å². The van der Waals surface area contributed by atoms with Crippen LogP contribution in [-0.2, 0) is 38.0 Å². The van der Waals surface area contributed by atoms with Gasteiger partial charge in [-0.25, -0.2) is 0 Å². The Morgan fingerprint density at radius 1 is 0.627 bits per heavy atom. The van der Waals surface area contributed by atoms with Crippen LogP contribution < -0.4 is 10.6 Å². The number of rotatable bonds is 16. The van der Waals surface area contributed by atoms with E-state index in [-0.39, 0.29) is 0 Å². The van der Waals surface area contributed by atoms with Crippen LogP contribution in [0.3, 0.4) is 0 Å². The minimum Gasteiger partial charge on any atom is -0.394 e. The van der Waals surface area contributed by atoms with Crippen LogP contribution in [0.15, 0.2) is 0 Å². The van der Waals surface area contributed by atoms with Gasteiger partial charge in [-0.1, -0.05) is 0 Å². The lowest BCUT2D eigenvalue weighted by atomic mass is 9.94. The van der Waals surface area contributed by atoms with E-state index in [0.29, 0.717) is 0 Å². The van der Waals surface area contributed by atoms with Crippen LogP contribution in [0.4, 0.5) is 0 Å². The van der Waals surface area contributed by atoms with Gasteiger partial charge in [0.25, 0.3) is 0 Å². The van der Waals surface area contributed by atoms with Gasteiger partial charge in [0.2, 0.25) is 11.8 Å². The molecule has 3 saturated heterocycles. The van der Waals surface area contributed by atoms with Gasteiger partial charge in [-0.2, -0.15) is 0 Å². The molecule has 23 nitrogen and oxygen atoms in total. The molecule has 0 saturated carbocycles. The number of nitrogens with one attached hydrogen (secondary N) is 2. The number of hydrogen-bond donors (Lipinski definition) is 15. The Balaban J connectivity index is 1.97. The Labute approximate surface area is 290 Å². The zero-order valence-electron chi connectivity index (χ0n) is 27.6. The van der Waals surface area contributed by atoms with Crippen molar-refractivity contribution in [3.63, 3.8) is 0 Å². The van der Waals surface area contributed by atoms with Crippen LogP contribution >= 0.6 is 0 Å². The minimum atomic E-state index is -2.12. The number of aliphatic hydroxyl groups excluding tert-OH is 13. The maximum absolute atomic E-state index is 12.3.